The third-order valence-electron chi connectivity index (χ3n) is 7.60. The largest absolute Gasteiger partial charge is 0.360 e. The predicted molar refractivity (Wildman–Crippen MR) is 119 cm³/mol. The van der Waals surface area contributed by atoms with E-state index in [2.05, 4.69) is 20.4 Å². The topological polar surface area (TPSA) is 101 Å². The third kappa shape index (κ3) is 3.18. The lowest BCUT2D eigenvalue weighted by Crippen LogP contribution is -2.44. The molecule has 1 N–H and O–H groups in total. The maximum absolute atomic E-state index is 16.0. The number of hydrogen-bond donors (Lipinski definition) is 1. The molecule has 3 aromatic rings. The van der Waals surface area contributed by atoms with Crippen molar-refractivity contribution in [2.45, 2.75) is 56.8 Å². The molecule has 3 fully saturated rings. The zero-order valence-corrected chi connectivity index (χ0v) is 19.1. The number of nitrogens with one attached hydrogen (secondary N) is 1. The van der Waals surface area contributed by atoms with Crippen molar-refractivity contribution in [1.29, 1.82) is 0 Å². The van der Waals surface area contributed by atoms with Crippen LogP contribution in [0.2, 0.25) is 0 Å². The standard InChI is InChI=1S/C25H25FN4O4/c1-14-17(16-3-6-21(31)29-23(16)32)11-18-20(28-14)5-4-19(22(18)26)25-8-10-30(13-24(25,2)34-25)12-15-7-9-27-33-15/h4-5,7,9,11,16H,3,6,8,10,12-13H2,1-2H3,(H,29,31,32). The van der Waals surface area contributed by atoms with E-state index in [0.717, 1.165) is 12.3 Å². The van der Waals surface area contributed by atoms with Gasteiger partial charge in [0.1, 0.15) is 17.0 Å². The Hall–Kier alpha value is -3.17. The maximum atomic E-state index is 16.0. The molecule has 34 heavy (non-hydrogen) atoms. The SMILES string of the molecule is Cc1nc2ccc(C34CCN(Cc5ccno5)CC3(C)O4)c(F)c2cc1C1CCC(=O)NC1=O. The molecule has 3 aliphatic heterocycles. The summed E-state index contributed by atoms with van der Waals surface area (Å²) >= 11 is 0. The fraction of sp³-hybridized carbons (Fsp3) is 0.440. The van der Waals surface area contributed by atoms with Crippen molar-refractivity contribution in [2.24, 2.45) is 0 Å². The number of carbonyl (C=O) groups is 2. The minimum absolute atomic E-state index is 0.260. The van der Waals surface area contributed by atoms with Gasteiger partial charge in [-0.2, -0.15) is 0 Å². The van der Waals surface area contributed by atoms with Crippen LogP contribution >= 0.6 is 0 Å². The number of piperidine rings is 2. The minimum Gasteiger partial charge on any atom is -0.360 e. The number of benzene rings is 1. The summed E-state index contributed by atoms with van der Waals surface area (Å²) in [6, 6.07) is 7.18. The van der Waals surface area contributed by atoms with Gasteiger partial charge in [0.25, 0.3) is 0 Å². The molecule has 176 valence electrons. The number of imide groups is 1. The highest BCUT2D eigenvalue weighted by Gasteiger charge is 2.70. The van der Waals surface area contributed by atoms with Gasteiger partial charge in [0.05, 0.1) is 24.2 Å². The molecule has 0 spiro atoms. The molecule has 1 aromatic carbocycles. The van der Waals surface area contributed by atoms with Crippen LogP contribution in [0.4, 0.5) is 4.39 Å². The fourth-order valence-electron chi connectivity index (χ4n) is 5.79. The van der Waals surface area contributed by atoms with Crippen LogP contribution in [0.25, 0.3) is 10.9 Å². The Labute approximate surface area is 195 Å². The first-order chi connectivity index (χ1) is 16.3. The van der Waals surface area contributed by atoms with Gasteiger partial charge in [-0.3, -0.25) is 24.8 Å². The first-order valence-corrected chi connectivity index (χ1v) is 11.6. The Bertz CT molecular complexity index is 1330. The van der Waals surface area contributed by atoms with Gasteiger partial charge in [-0.1, -0.05) is 11.2 Å². The molecular formula is C25H25FN4O4. The van der Waals surface area contributed by atoms with Gasteiger partial charge in [-0.15, -0.1) is 0 Å². The molecule has 3 aliphatic rings. The second-order valence-electron chi connectivity index (χ2n) is 9.76. The van der Waals surface area contributed by atoms with Gasteiger partial charge in [0, 0.05) is 42.2 Å². The lowest BCUT2D eigenvalue weighted by Gasteiger charge is -2.32. The van der Waals surface area contributed by atoms with Crippen LogP contribution in [-0.4, -0.2) is 45.5 Å². The van der Waals surface area contributed by atoms with Crippen LogP contribution in [0.15, 0.2) is 35.0 Å². The molecule has 9 heteroatoms. The van der Waals surface area contributed by atoms with Crippen LogP contribution in [0.1, 0.15) is 54.7 Å². The number of nitrogens with zero attached hydrogens (tertiary/aromatic N) is 3. The molecule has 3 unspecified atom stereocenters. The number of likely N-dealkylation sites (tertiary alicyclic amines) is 1. The van der Waals surface area contributed by atoms with Gasteiger partial charge in [-0.05, 0) is 44.4 Å². The van der Waals surface area contributed by atoms with E-state index in [9.17, 15) is 9.59 Å². The number of aryl methyl sites for hydroxylation is 1. The number of rotatable bonds is 4. The zero-order chi connectivity index (χ0) is 23.7. The summed E-state index contributed by atoms with van der Waals surface area (Å²) in [5.74, 6) is -0.715. The molecule has 5 heterocycles. The van der Waals surface area contributed by atoms with Gasteiger partial charge in [-0.25, -0.2) is 4.39 Å². The van der Waals surface area contributed by atoms with Crippen LogP contribution in [0.3, 0.4) is 0 Å². The summed E-state index contributed by atoms with van der Waals surface area (Å²) < 4.78 is 27.5. The van der Waals surface area contributed by atoms with E-state index in [4.69, 9.17) is 9.26 Å². The minimum atomic E-state index is -0.692. The predicted octanol–water partition coefficient (Wildman–Crippen LogP) is 3.08. The highest BCUT2D eigenvalue weighted by molar-refractivity contribution is 6.01. The summed E-state index contributed by atoms with van der Waals surface area (Å²) in [6.07, 6.45) is 2.93. The Morgan fingerprint density at radius 3 is 2.88 bits per heavy atom. The number of pyridine rings is 1. The van der Waals surface area contributed by atoms with Crippen molar-refractivity contribution < 1.29 is 23.2 Å². The van der Waals surface area contributed by atoms with E-state index in [1.54, 1.807) is 18.3 Å². The molecule has 0 radical (unpaired) electrons. The van der Waals surface area contributed by atoms with Gasteiger partial charge in [0.2, 0.25) is 11.8 Å². The highest BCUT2D eigenvalue weighted by atomic mass is 19.1. The molecule has 2 amide bonds. The molecule has 3 saturated heterocycles. The van der Waals surface area contributed by atoms with E-state index in [-0.39, 0.29) is 24.1 Å². The summed E-state index contributed by atoms with van der Waals surface area (Å²) in [7, 11) is 0. The number of ether oxygens (including phenoxy) is 1. The first kappa shape index (κ1) is 21.4. The summed E-state index contributed by atoms with van der Waals surface area (Å²) in [5.41, 5.74) is 1.19. The second-order valence-corrected chi connectivity index (χ2v) is 9.76. The van der Waals surface area contributed by atoms with E-state index in [1.807, 2.05) is 26.0 Å². The van der Waals surface area contributed by atoms with Crippen molar-refractivity contribution in [2.75, 3.05) is 13.1 Å². The van der Waals surface area contributed by atoms with Crippen molar-refractivity contribution >= 4 is 22.7 Å². The quantitative estimate of drug-likeness (QED) is 0.468. The van der Waals surface area contributed by atoms with Crippen LogP contribution < -0.4 is 5.32 Å². The number of epoxide rings is 1. The number of halogens is 1. The fourth-order valence-corrected chi connectivity index (χ4v) is 5.79. The monoisotopic (exact) mass is 464 g/mol. The zero-order valence-electron chi connectivity index (χ0n) is 19.1. The molecule has 0 aliphatic carbocycles. The van der Waals surface area contributed by atoms with E-state index in [0.29, 0.717) is 53.7 Å². The number of aromatic nitrogens is 2. The van der Waals surface area contributed by atoms with Crippen molar-refractivity contribution in [1.82, 2.24) is 20.4 Å². The number of fused-ring (bicyclic) bond motifs is 2. The molecule has 2 aromatic heterocycles. The molecular weight excluding hydrogens is 439 g/mol. The molecule has 8 nitrogen and oxygen atoms in total. The first-order valence-electron chi connectivity index (χ1n) is 11.6. The number of hydrogen-bond acceptors (Lipinski definition) is 7. The Morgan fingerprint density at radius 1 is 1.29 bits per heavy atom. The average Bonchev–Trinajstić information content (AvgIpc) is 3.11. The molecule has 0 saturated carbocycles. The molecule has 0 bridgehead atoms. The highest BCUT2D eigenvalue weighted by Crippen LogP contribution is 2.61. The smallest absolute Gasteiger partial charge is 0.234 e. The molecule has 3 atom stereocenters. The van der Waals surface area contributed by atoms with E-state index in [1.165, 1.54) is 0 Å². The van der Waals surface area contributed by atoms with E-state index >= 15 is 4.39 Å². The Balaban J connectivity index is 1.33. The van der Waals surface area contributed by atoms with Crippen LogP contribution in [0, 0.1) is 12.7 Å². The van der Waals surface area contributed by atoms with Crippen LogP contribution in [-0.2, 0) is 26.5 Å². The lowest BCUT2D eigenvalue weighted by molar-refractivity contribution is -0.134. The van der Waals surface area contributed by atoms with Gasteiger partial charge < -0.3 is 9.26 Å². The third-order valence-corrected chi connectivity index (χ3v) is 7.60. The normalized spacial score (nSPS) is 29.2. The summed E-state index contributed by atoms with van der Waals surface area (Å²) in [5, 5.41) is 6.52. The Kier molecular flexibility index (Phi) is 4.66. The number of amides is 2. The number of carbonyl (C=O) groups excluding carboxylic acids is 2. The average molecular weight is 464 g/mol. The van der Waals surface area contributed by atoms with Crippen molar-refractivity contribution in [3.8, 4) is 0 Å². The lowest BCUT2D eigenvalue weighted by atomic mass is 9.80. The molecule has 6 rings (SSSR count). The van der Waals surface area contributed by atoms with E-state index < -0.39 is 17.1 Å². The van der Waals surface area contributed by atoms with Crippen molar-refractivity contribution in [3.05, 3.63) is 58.9 Å². The summed E-state index contributed by atoms with van der Waals surface area (Å²) in [4.78, 5) is 30.8. The second kappa shape index (κ2) is 7.41. The van der Waals surface area contributed by atoms with Crippen molar-refractivity contribution in [3.63, 3.8) is 0 Å². The summed E-state index contributed by atoms with van der Waals surface area (Å²) in [6.45, 7) is 5.85. The Morgan fingerprint density at radius 2 is 2.15 bits per heavy atom. The van der Waals surface area contributed by atoms with Gasteiger partial charge >= 0.3 is 0 Å². The van der Waals surface area contributed by atoms with Crippen LogP contribution in [0.5, 0.6) is 0 Å². The van der Waals surface area contributed by atoms with Gasteiger partial charge in [0.15, 0.2) is 5.76 Å². The maximum Gasteiger partial charge on any atom is 0.234 e.